The summed E-state index contributed by atoms with van der Waals surface area (Å²) in [6.07, 6.45) is 5.90. The Balaban J connectivity index is 1.51. The van der Waals surface area contributed by atoms with Crippen molar-refractivity contribution in [1.29, 1.82) is 0 Å². The van der Waals surface area contributed by atoms with E-state index in [4.69, 9.17) is 14.5 Å². The molecule has 37 heavy (non-hydrogen) atoms. The second kappa shape index (κ2) is 10.0. The summed E-state index contributed by atoms with van der Waals surface area (Å²) in [7, 11) is 1.42. The first kappa shape index (κ1) is 24.5. The summed E-state index contributed by atoms with van der Waals surface area (Å²) in [6.45, 7) is 9.16. The van der Waals surface area contributed by atoms with Crippen LogP contribution in [0.5, 0.6) is 17.2 Å². The number of nitrogens with zero attached hydrogens (tertiary/aromatic N) is 4. The van der Waals surface area contributed by atoms with E-state index >= 15 is 0 Å². The number of rotatable bonds is 7. The molecule has 2 aromatic heterocycles. The number of carbonyl (C=O) groups excluding carboxylic acids is 1. The third kappa shape index (κ3) is 4.55. The number of aromatic nitrogens is 3. The summed E-state index contributed by atoms with van der Waals surface area (Å²) in [6, 6.07) is 12.2. The molecular weight excluding hydrogens is 471 g/mol. The Morgan fingerprint density at radius 2 is 1.92 bits per heavy atom. The van der Waals surface area contributed by atoms with Crippen molar-refractivity contribution in [3.63, 3.8) is 0 Å². The van der Waals surface area contributed by atoms with E-state index in [0.29, 0.717) is 18.8 Å². The monoisotopic (exact) mass is 500 g/mol. The number of halogens is 1. The molecule has 0 saturated carbocycles. The predicted molar refractivity (Wildman–Crippen MR) is 140 cm³/mol. The van der Waals surface area contributed by atoms with Gasteiger partial charge in [0.25, 0.3) is 0 Å². The Bertz CT molecular complexity index is 1460. The summed E-state index contributed by atoms with van der Waals surface area (Å²) in [4.78, 5) is 23.6. The molecule has 1 unspecified atom stereocenters. The molecule has 0 N–H and O–H groups in total. The number of imidazole rings is 1. The van der Waals surface area contributed by atoms with Crippen molar-refractivity contribution >= 4 is 11.4 Å². The van der Waals surface area contributed by atoms with Gasteiger partial charge in [0, 0.05) is 36.5 Å². The molecule has 5 rings (SSSR count). The fourth-order valence-corrected chi connectivity index (χ4v) is 4.81. The molecule has 0 radical (unpaired) electrons. The highest BCUT2D eigenvalue weighted by Crippen LogP contribution is 2.36. The van der Waals surface area contributed by atoms with Crippen molar-refractivity contribution in [2.75, 3.05) is 20.2 Å². The standard InChI is InChI=1S/C29H29FN4O3/c1-5-26(35)33-14-13-20(17-33)29-32-28(23-16-31-15-22(18(2)3)34(23)29)19-9-11-21(12-10-19)37-25-8-6-7-24(36-4)27(25)30/h5-12,15-16,18,20H,1,13-14,17H2,2-4H3. The average Bonchev–Trinajstić information content (AvgIpc) is 3.55. The second-order valence-electron chi connectivity index (χ2n) is 9.40. The fraction of sp³-hybridized carbons (Fsp3) is 0.276. The Morgan fingerprint density at radius 3 is 2.62 bits per heavy atom. The van der Waals surface area contributed by atoms with Crippen molar-refractivity contribution in [2.45, 2.75) is 32.1 Å². The van der Waals surface area contributed by atoms with Crippen LogP contribution in [0.2, 0.25) is 0 Å². The van der Waals surface area contributed by atoms with Gasteiger partial charge in [0.2, 0.25) is 11.7 Å². The van der Waals surface area contributed by atoms with E-state index in [1.807, 2.05) is 29.4 Å². The Kier molecular flexibility index (Phi) is 6.65. The van der Waals surface area contributed by atoms with E-state index in [9.17, 15) is 9.18 Å². The van der Waals surface area contributed by atoms with Gasteiger partial charge < -0.3 is 14.4 Å². The number of likely N-dealkylation sites (tertiary alicyclic amines) is 1. The minimum Gasteiger partial charge on any atom is -0.494 e. The molecule has 1 amide bonds. The number of hydrogen-bond acceptors (Lipinski definition) is 5. The van der Waals surface area contributed by atoms with E-state index in [1.54, 1.807) is 30.3 Å². The fourth-order valence-electron chi connectivity index (χ4n) is 4.81. The van der Waals surface area contributed by atoms with Crippen LogP contribution in [0.25, 0.3) is 16.8 Å². The van der Waals surface area contributed by atoms with E-state index in [-0.39, 0.29) is 29.2 Å². The number of benzene rings is 2. The highest BCUT2D eigenvalue weighted by molar-refractivity contribution is 5.87. The third-order valence-corrected chi connectivity index (χ3v) is 6.74. The first-order chi connectivity index (χ1) is 17.9. The van der Waals surface area contributed by atoms with Crippen LogP contribution < -0.4 is 9.47 Å². The molecule has 1 saturated heterocycles. The minimum atomic E-state index is -0.549. The Labute approximate surface area is 215 Å². The first-order valence-corrected chi connectivity index (χ1v) is 12.3. The van der Waals surface area contributed by atoms with Crippen LogP contribution in [-0.4, -0.2) is 45.4 Å². The zero-order valence-corrected chi connectivity index (χ0v) is 21.1. The molecule has 0 spiro atoms. The van der Waals surface area contributed by atoms with Crippen LogP contribution in [0.15, 0.2) is 67.5 Å². The molecule has 1 atom stereocenters. The molecular formula is C29H29FN4O3. The highest BCUT2D eigenvalue weighted by atomic mass is 19.1. The van der Waals surface area contributed by atoms with E-state index in [0.717, 1.165) is 34.7 Å². The number of hydrogen-bond donors (Lipinski definition) is 0. The maximum atomic E-state index is 14.5. The lowest BCUT2D eigenvalue weighted by atomic mass is 10.1. The zero-order valence-electron chi connectivity index (χ0n) is 21.1. The Morgan fingerprint density at radius 1 is 1.16 bits per heavy atom. The number of carbonyl (C=O) groups is 1. The van der Waals surface area contributed by atoms with Crippen molar-refractivity contribution < 1.29 is 18.7 Å². The van der Waals surface area contributed by atoms with Gasteiger partial charge in [-0.05, 0) is 54.8 Å². The highest BCUT2D eigenvalue weighted by Gasteiger charge is 2.31. The summed E-state index contributed by atoms with van der Waals surface area (Å²) in [5.74, 6) is 1.36. The quantitative estimate of drug-likeness (QED) is 0.293. The number of amides is 1. The second-order valence-corrected chi connectivity index (χ2v) is 9.40. The van der Waals surface area contributed by atoms with Crippen LogP contribution in [0.1, 0.15) is 43.6 Å². The van der Waals surface area contributed by atoms with Gasteiger partial charge in [-0.2, -0.15) is 4.39 Å². The van der Waals surface area contributed by atoms with Gasteiger partial charge in [-0.15, -0.1) is 0 Å². The summed E-state index contributed by atoms with van der Waals surface area (Å²) >= 11 is 0. The first-order valence-electron chi connectivity index (χ1n) is 12.3. The van der Waals surface area contributed by atoms with E-state index < -0.39 is 5.82 Å². The molecule has 3 heterocycles. The van der Waals surface area contributed by atoms with E-state index in [1.165, 1.54) is 13.2 Å². The largest absolute Gasteiger partial charge is 0.494 e. The number of ether oxygens (including phenoxy) is 2. The molecule has 1 aliphatic rings. The molecule has 7 nitrogen and oxygen atoms in total. The molecule has 0 aliphatic carbocycles. The average molecular weight is 501 g/mol. The van der Waals surface area contributed by atoms with E-state index in [2.05, 4.69) is 29.8 Å². The van der Waals surface area contributed by atoms with Gasteiger partial charge >= 0.3 is 0 Å². The van der Waals surface area contributed by atoms with Crippen molar-refractivity contribution in [3.05, 3.63) is 84.8 Å². The molecule has 1 aliphatic heterocycles. The maximum absolute atomic E-state index is 14.5. The zero-order chi connectivity index (χ0) is 26.1. The summed E-state index contributed by atoms with van der Waals surface area (Å²) in [5.41, 5.74) is 3.66. The van der Waals surface area contributed by atoms with Crippen LogP contribution in [0, 0.1) is 5.82 Å². The van der Waals surface area contributed by atoms with Crippen LogP contribution in [0.3, 0.4) is 0 Å². The summed E-state index contributed by atoms with van der Waals surface area (Å²) in [5, 5.41) is 0. The van der Waals surface area contributed by atoms with Gasteiger partial charge in [-0.25, -0.2) is 4.98 Å². The maximum Gasteiger partial charge on any atom is 0.245 e. The SMILES string of the molecule is C=CC(=O)N1CCC(c2nc(-c3ccc(Oc4cccc(OC)c4F)cc3)c3cncc(C(C)C)n23)C1. The van der Waals surface area contributed by atoms with Gasteiger partial charge in [-0.3, -0.25) is 14.2 Å². The van der Waals surface area contributed by atoms with Gasteiger partial charge in [0.1, 0.15) is 11.6 Å². The lowest BCUT2D eigenvalue weighted by Crippen LogP contribution is -2.26. The van der Waals surface area contributed by atoms with Gasteiger partial charge in [-0.1, -0.05) is 26.5 Å². The van der Waals surface area contributed by atoms with Crippen LogP contribution >= 0.6 is 0 Å². The molecule has 4 aromatic rings. The van der Waals surface area contributed by atoms with Crippen molar-refractivity contribution in [1.82, 2.24) is 19.3 Å². The lowest BCUT2D eigenvalue weighted by molar-refractivity contribution is -0.125. The molecule has 1 fully saturated rings. The van der Waals surface area contributed by atoms with Gasteiger partial charge in [0.15, 0.2) is 11.5 Å². The van der Waals surface area contributed by atoms with Gasteiger partial charge in [0.05, 0.1) is 24.5 Å². The molecule has 8 heteroatoms. The minimum absolute atomic E-state index is 0.0580. The predicted octanol–water partition coefficient (Wildman–Crippen LogP) is 5.96. The number of fused-ring (bicyclic) bond motifs is 1. The number of methoxy groups -OCH3 is 1. The lowest BCUT2D eigenvalue weighted by Gasteiger charge is -2.16. The van der Waals surface area contributed by atoms with Crippen LogP contribution in [-0.2, 0) is 4.79 Å². The molecule has 190 valence electrons. The van der Waals surface area contributed by atoms with Crippen molar-refractivity contribution in [3.8, 4) is 28.5 Å². The third-order valence-electron chi connectivity index (χ3n) is 6.74. The van der Waals surface area contributed by atoms with Crippen LogP contribution in [0.4, 0.5) is 4.39 Å². The Hall–Kier alpha value is -4.20. The summed E-state index contributed by atoms with van der Waals surface area (Å²) < 4.78 is 27.5. The molecule has 2 aromatic carbocycles. The smallest absolute Gasteiger partial charge is 0.245 e. The normalized spacial score (nSPS) is 15.4. The van der Waals surface area contributed by atoms with Crippen molar-refractivity contribution in [2.24, 2.45) is 0 Å². The topological polar surface area (TPSA) is 69.0 Å². The molecule has 0 bridgehead atoms.